The Labute approximate surface area is 73.7 Å². The van der Waals surface area contributed by atoms with Crippen molar-refractivity contribution >= 4 is 8.80 Å². The van der Waals surface area contributed by atoms with E-state index in [0.717, 1.165) is 12.5 Å². The molecule has 0 aromatic heterocycles. The lowest BCUT2D eigenvalue weighted by molar-refractivity contribution is 0.123. The first-order valence-electron chi connectivity index (χ1n) is 3.60. The van der Waals surface area contributed by atoms with Crippen molar-refractivity contribution in [2.24, 2.45) is 5.73 Å². The van der Waals surface area contributed by atoms with Crippen molar-refractivity contribution in [3.05, 3.63) is 0 Å². The molecule has 0 aliphatic heterocycles. The molecule has 0 aliphatic rings. The Bertz CT molecular complexity index is 94.5. The lowest BCUT2D eigenvalue weighted by atomic mass is 10.5. The zero-order chi connectivity index (χ0) is 8.74. The highest BCUT2D eigenvalue weighted by Crippen LogP contribution is 2.13. The molecule has 0 aromatic rings. The van der Waals surface area contributed by atoms with Gasteiger partial charge in [0.25, 0.3) is 0 Å². The Morgan fingerprint density at radius 1 is 1.08 bits per heavy atom. The van der Waals surface area contributed by atoms with Crippen LogP contribution in [0, 0.1) is 0 Å². The average molecular weight is 199 g/mol. The van der Waals surface area contributed by atoms with E-state index in [9.17, 15) is 0 Å². The van der Waals surface area contributed by atoms with Gasteiger partial charge in [-0.2, -0.15) is 0 Å². The standard InChI is InChI=1S/C6H17NO3Si.FH/c1-8-11(9-2,10-3)6-4-5-7;/h4-7H2,1-3H3;1H. The fourth-order valence-corrected chi connectivity index (χ4v) is 2.62. The van der Waals surface area contributed by atoms with Crippen LogP contribution in [0.25, 0.3) is 0 Å². The zero-order valence-corrected chi connectivity index (χ0v) is 8.83. The van der Waals surface area contributed by atoms with Crippen LogP contribution in [0.4, 0.5) is 4.70 Å². The molecule has 0 spiro atoms. The molecule has 12 heavy (non-hydrogen) atoms. The molecule has 0 radical (unpaired) electrons. The first-order valence-corrected chi connectivity index (χ1v) is 5.53. The molecule has 0 fully saturated rings. The highest BCUT2D eigenvalue weighted by atomic mass is 28.4. The highest BCUT2D eigenvalue weighted by Gasteiger charge is 2.36. The van der Waals surface area contributed by atoms with Gasteiger partial charge >= 0.3 is 8.80 Å². The van der Waals surface area contributed by atoms with Crippen molar-refractivity contribution < 1.29 is 18.0 Å². The third kappa shape index (κ3) is 4.12. The van der Waals surface area contributed by atoms with Crippen molar-refractivity contribution in [2.75, 3.05) is 27.9 Å². The van der Waals surface area contributed by atoms with Crippen molar-refractivity contribution in [2.45, 2.75) is 12.5 Å². The van der Waals surface area contributed by atoms with Gasteiger partial charge in [0.05, 0.1) is 0 Å². The van der Waals surface area contributed by atoms with Gasteiger partial charge in [0.1, 0.15) is 0 Å². The fourth-order valence-electron chi connectivity index (χ4n) is 0.875. The first kappa shape index (κ1) is 14.5. The zero-order valence-electron chi connectivity index (χ0n) is 7.83. The SMILES string of the molecule is CO[Si](CCCN)(OC)OC.F. The van der Waals surface area contributed by atoms with Gasteiger partial charge in [-0.15, -0.1) is 0 Å². The topological polar surface area (TPSA) is 53.7 Å². The summed E-state index contributed by atoms with van der Waals surface area (Å²) in [5.41, 5.74) is 5.36. The molecular weight excluding hydrogens is 181 g/mol. The summed E-state index contributed by atoms with van der Waals surface area (Å²) in [5, 5.41) is 0. The molecule has 0 amide bonds. The van der Waals surface area contributed by atoms with Gasteiger partial charge in [0, 0.05) is 27.4 Å². The van der Waals surface area contributed by atoms with E-state index in [1.165, 1.54) is 0 Å². The second-order valence-electron chi connectivity index (χ2n) is 2.19. The second kappa shape index (κ2) is 7.63. The summed E-state index contributed by atoms with van der Waals surface area (Å²) in [4.78, 5) is 0. The van der Waals surface area contributed by atoms with Crippen LogP contribution in [0.1, 0.15) is 6.42 Å². The van der Waals surface area contributed by atoms with E-state index >= 15 is 0 Å². The van der Waals surface area contributed by atoms with Gasteiger partial charge in [-0.1, -0.05) is 0 Å². The van der Waals surface area contributed by atoms with Crippen LogP contribution in [-0.4, -0.2) is 36.7 Å². The Morgan fingerprint density at radius 2 is 1.50 bits per heavy atom. The van der Waals surface area contributed by atoms with Crippen molar-refractivity contribution in [1.29, 1.82) is 0 Å². The number of nitrogens with two attached hydrogens (primary N) is 1. The normalized spacial score (nSPS) is 11.0. The Kier molecular flexibility index (Phi) is 9.22. The van der Waals surface area contributed by atoms with E-state index in [2.05, 4.69) is 0 Å². The minimum atomic E-state index is -2.32. The molecule has 4 nitrogen and oxygen atoms in total. The van der Waals surface area contributed by atoms with Crippen molar-refractivity contribution in [3.8, 4) is 0 Å². The highest BCUT2D eigenvalue weighted by molar-refractivity contribution is 6.60. The lowest BCUT2D eigenvalue weighted by Gasteiger charge is -2.23. The van der Waals surface area contributed by atoms with E-state index in [4.69, 9.17) is 19.0 Å². The molecule has 0 aromatic carbocycles. The average Bonchev–Trinajstić information content (AvgIpc) is 2.08. The minimum Gasteiger partial charge on any atom is -0.377 e. The maximum absolute atomic E-state index is 5.36. The molecule has 0 atom stereocenters. The molecule has 6 heteroatoms. The second-order valence-corrected chi connectivity index (χ2v) is 5.28. The summed E-state index contributed by atoms with van der Waals surface area (Å²) in [6, 6.07) is 0.785. The largest absolute Gasteiger partial charge is 0.500 e. The van der Waals surface area contributed by atoms with E-state index in [1.54, 1.807) is 21.3 Å². The molecule has 0 bridgehead atoms. The summed E-state index contributed by atoms with van der Waals surface area (Å²) >= 11 is 0. The van der Waals surface area contributed by atoms with Gasteiger partial charge in [0.15, 0.2) is 0 Å². The van der Waals surface area contributed by atoms with Gasteiger partial charge in [-0.3, -0.25) is 4.70 Å². The Hall–Kier alpha value is -0.0131. The van der Waals surface area contributed by atoms with Crippen LogP contribution in [0.3, 0.4) is 0 Å². The maximum Gasteiger partial charge on any atom is 0.500 e. The molecule has 0 heterocycles. The van der Waals surface area contributed by atoms with Crippen LogP contribution in [0.15, 0.2) is 0 Å². The van der Waals surface area contributed by atoms with Crippen LogP contribution >= 0.6 is 0 Å². The smallest absolute Gasteiger partial charge is 0.377 e. The molecule has 0 unspecified atom stereocenters. The van der Waals surface area contributed by atoms with Gasteiger partial charge in [-0.25, -0.2) is 0 Å². The van der Waals surface area contributed by atoms with Crippen LogP contribution < -0.4 is 5.73 Å². The predicted molar refractivity (Wildman–Crippen MR) is 47.8 cm³/mol. The summed E-state index contributed by atoms with van der Waals surface area (Å²) < 4.78 is 15.5. The molecular formula is C6H18FNO3Si. The van der Waals surface area contributed by atoms with Crippen LogP contribution in [0.5, 0.6) is 0 Å². The first-order chi connectivity index (χ1) is 5.24. The van der Waals surface area contributed by atoms with Crippen molar-refractivity contribution in [1.82, 2.24) is 0 Å². The molecule has 0 aliphatic carbocycles. The maximum atomic E-state index is 5.36. The van der Waals surface area contributed by atoms with E-state index < -0.39 is 8.80 Å². The van der Waals surface area contributed by atoms with Crippen molar-refractivity contribution in [3.63, 3.8) is 0 Å². The predicted octanol–water partition coefficient (Wildman–Crippen LogP) is 0.366. The summed E-state index contributed by atoms with van der Waals surface area (Å²) in [5.74, 6) is 0. The summed E-state index contributed by atoms with van der Waals surface area (Å²) in [6.07, 6.45) is 0.877. The van der Waals surface area contributed by atoms with E-state index in [0.29, 0.717) is 6.54 Å². The fraction of sp³-hybridized carbons (Fsp3) is 1.00. The number of hydrogen-bond donors (Lipinski definition) is 1. The third-order valence-corrected chi connectivity index (χ3v) is 4.45. The van der Waals surface area contributed by atoms with E-state index in [-0.39, 0.29) is 4.70 Å². The molecule has 0 rings (SSSR count). The minimum absolute atomic E-state index is 0. The Balaban J connectivity index is 0. The van der Waals surface area contributed by atoms with Gasteiger partial charge < -0.3 is 19.0 Å². The van der Waals surface area contributed by atoms with Crippen LogP contribution in [-0.2, 0) is 13.3 Å². The number of rotatable bonds is 6. The molecule has 76 valence electrons. The molecule has 0 saturated heterocycles. The number of halogens is 1. The van der Waals surface area contributed by atoms with Crippen LogP contribution in [0.2, 0.25) is 6.04 Å². The molecule has 2 N–H and O–H groups in total. The van der Waals surface area contributed by atoms with E-state index in [1.807, 2.05) is 0 Å². The quantitative estimate of drug-likeness (QED) is 0.628. The monoisotopic (exact) mass is 199 g/mol. The van der Waals surface area contributed by atoms with Gasteiger partial charge in [-0.05, 0) is 13.0 Å². The lowest BCUT2D eigenvalue weighted by Crippen LogP contribution is -2.42. The summed E-state index contributed by atoms with van der Waals surface area (Å²) in [7, 11) is 2.50. The third-order valence-electron chi connectivity index (χ3n) is 1.62. The Morgan fingerprint density at radius 3 is 1.75 bits per heavy atom. The summed E-state index contributed by atoms with van der Waals surface area (Å²) in [6.45, 7) is 0.644. The molecule has 0 saturated carbocycles. The van der Waals surface area contributed by atoms with Gasteiger partial charge in [0.2, 0.25) is 0 Å². The number of hydrogen-bond acceptors (Lipinski definition) is 4.